The minimum absolute atomic E-state index is 0.198. The van der Waals surface area contributed by atoms with Gasteiger partial charge in [0.25, 0.3) is 0 Å². The third-order valence-corrected chi connectivity index (χ3v) is 4.45. The number of halogens is 1. The van der Waals surface area contributed by atoms with E-state index in [-0.39, 0.29) is 5.82 Å². The topological polar surface area (TPSA) is 62.2 Å². The van der Waals surface area contributed by atoms with Crippen molar-refractivity contribution in [2.75, 3.05) is 6.54 Å². The summed E-state index contributed by atoms with van der Waals surface area (Å²) in [6.45, 7) is 4.71. The average Bonchev–Trinajstić information content (AvgIpc) is 2.80. The summed E-state index contributed by atoms with van der Waals surface area (Å²) < 4.78 is 13.4. The molecule has 0 aliphatic carbocycles. The van der Waals surface area contributed by atoms with Gasteiger partial charge < -0.3 is 10.4 Å². The van der Waals surface area contributed by atoms with Gasteiger partial charge >= 0.3 is 5.97 Å². The predicted octanol–water partition coefficient (Wildman–Crippen LogP) is 2.93. The fourth-order valence-electron chi connectivity index (χ4n) is 2.02. The maximum atomic E-state index is 13.4. The number of nitrogens with zero attached hydrogens (tertiary/aromatic N) is 1. The number of carboxylic acids is 1. The number of thiazole rings is 1. The predicted molar refractivity (Wildman–Crippen MR) is 80.4 cm³/mol. The van der Waals surface area contributed by atoms with Crippen LogP contribution in [0.25, 0.3) is 0 Å². The fourth-order valence-corrected chi connectivity index (χ4v) is 2.92. The Kier molecular flexibility index (Phi) is 5.03. The van der Waals surface area contributed by atoms with Crippen LogP contribution in [0.2, 0.25) is 0 Å². The van der Waals surface area contributed by atoms with Gasteiger partial charge in [-0.05, 0) is 31.0 Å². The highest BCUT2D eigenvalue weighted by atomic mass is 32.1. The van der Waals surface area contributed by atoms with Gasteiger partial charge in [-0.2, -0.15) is 0 Å². The molecule has 0 saturated carbocycles. The SMILES string of the molecule is Cc1nc(CCNCc2cccc(F)c2C)sc1C(=O)O. The summed E-state index contributed by atoms with van der Waals surface area (Å²) in [6, 6.07) is 5.04. The molecule has 2 N–H and O–H groups in total. The lowest BCUT2D eigenvalue weighted by Crippen LogP contribution is -2.17. The lowest BCUT2D eigenvalue weighted by Gasteiger charge is -2.07. The number of rotatable bonds is 6. The van der Waals surface area contributed by atoms with Crippen LogP contribution >= 0.6 is 11.3 Å². The second-order valence-electron chi connectivity index (χ2n) is 4.78. The summed E-state index contributed by atoms with van der Waals surface area (Å²) in [6.07, 6.45) is 0.660. The Morgan fingerprint density at radius 2 is 2.19 bits per heavy atom. The third kappa shape index (κ3) is 3.86. The number of benzene rings is 1. The van der Waals surface area contributed by atoms with E-state index in [4.69, 9.17) is 5.11 Å². The number of carboxylic acid groups (broad SMARTS) is 1. The smallest absolute Gasteiger partial charge is 0.347 e. The standard InChI is InChI=1S/C15H17FN2O2S/c1-9-11(4-3-5-12(9)16)8-17-7-6-13-18-10(2)14(21-13)15(19)20/h3-5,17H,6-8H2,1-2H3,(H,19,20). The summed E-state index contributed by atoms with van der Waals surface area (Å²) >= 11 is 1.21. The largest absolute Gasteiger partial charge is 0.477 e. The summed E-state index contributed by atoms with van der Waals surface area (Å²) in [5.41, 5.74) is 2.14. The monoisotopic (exact) mass is 308 g/mol. The molecule has 4 nitrogen and oxygen atoms in total. The van der Waals surface area contributed by atoms with E-state index >= 15 is 0 Å². The van der Waals surface area contributed by atoms with Gasteiger partial charge in [-0.25, -0.2) is 14.2 Å². The molecule has 0 aliphatic heterocycles. The molecule has 0 bridgehead atoms. The Morgan fingerprint density at radius 1 is 1.43 bits per heavy atom. The Morgan fingerprint density at radius 3 is 2.86 bits per heavy atom. The minimum atomic E-state index is -0.931. The van der Waals surface area contributed by atoms with Crippen LogP contribution in [0.1, 0.15) is 31.5 Å². The Balaban J connectivity index is 1.86. The van der Waals surface area contributed by atoms with Gasteiger partial charge in [0.2, 0.25) is 0 Å². The maximum Gasteiger partial charge on any atom is 0.347 e. The molecule has 1 heterocycles. The number of nitrogens with one attached hydrogen (secondary N) is 1. The number of carbonyl (C=O) groups is 1. The molecule has 6 heteroatoms. The van der Waals surface area contributed by atoms with Crippen LogP contribution in [-0.2, 0) is 13.0 Å². The van der Waals surface area contributed by atoms with E-state index in [0.29, 0.717) is 35.6 Å². The van der Waals surface area contributed by atoms with Gasteiger partial charge in [-0.3, -0.25) is 0 Å². The van der Waals surface area contributed by atoms with Crippen LogP contribution in [-0.4, -0.2) is 22.6 Å². The lowest BCUT2D eigenvalue weighted by molar-refractivity contribution is 0.0701. The van der Waals surface area contributed by atoms with Crippen LogP contribution in [0.5, 0.6) is 0 Å². The van der Waals surface area contributed by atoms with Crippen LogP contribution in [0, 0.1) is 19.7 Å². The zero-order chi connectivity index (χ0) is 15.4. The second-order valence-corrected chi connectivity index (χ2v) is 5.86. The normalized spacial score (nSPS) is 10.8. The Bertz CT molecular complexity index is 655. The molecule has 2 rings (SSSR count). The number of hydrogen-bond donors (Lipinski definition) is 2. The van der Waals surface area contributed by atoms with Crippen molar-refractivity contribution in [3.05, 3.63) is 50.7 Å². The van der Waals surface area contributed by atoms with E-state index in [2.05, 4.69) is 10.3 Å². The summed E-state index contributed by atoms with van der Waals surface area (Å²) in [5.74, 6) is -1.13. The molecular weight excluding hydrogens is 291 g/mol. The number of hydrogen-bond acceptors (Lipinski definition) is 4. The van der Waals surface area contributed by atoms with Crippen molar-refractivity contribution in [2.45, 2.75) is 26.8 Å². The van der Waals surface area contributed by atoms with Gasteiger partial charge in [0.1, 0.15) is 10.7 Å². The van der Waals surface area contributed by atoms with Gasteiger partial charge in [0.05, 0.1) is 10.7 Å². The highest BCUT2D eigenvalue weighted by Crippen LogP contribution is 2.18. The van der Waals surface area contributed by atoms with Gasteiger partial charge in [0.15, 0.2) is 0 Å². The minimum Gasteiger partial charge on any atom is -0.477 e. The van der Waals surface area contributed by atoms with E-state index in [9.17, 15) is 9.18 Å². The van der Waals surface area contributed by atoms with Crippen molar-refractivity contribution < 1.29 is 14.3 Å². The van der Waals surface area contributed by atoms with Crippen molar-refractivity contribution in [3.63, 3.8) is 0 Å². The molecule has 0 aliphatic rings. The summed E-state index contributed by atoms with van der Waals surface area (Å²) in [7, 11) is 0. The molecular formula is C15H17FN2O2S. The summed E-state index contributed by atoms with van der Waals surface area (Å²) in [4.78, 5) is 15.5. The number of aromatic nitrogens is 1. The highest BCUT2D eigenvalue weighted by molar-refractivity contribution is 7.13. The average molecular weight is 308 g/mol. The van der Waals surface area contributed by atoms with E-state index in [1.54, 1.807) is 19.9 Å². The molecule has 0 spiro atoms. The van der Waals surface area contributed by atoms with Crippen molar-refractivity contribution in [1.29, 1.82) is 0 Å². The van der Waals surface area contributed by atoms with Gasteiger partial charge in [0, 0.05) is 19.5 Å². The Labute approximate surface area is 126 Å². The molecule has 21 heavy (non-hydrogen) atoms. The van der Waals surface area contributed by atoms with Crippen molar-refractivity contribution >= 4 is 17.3 Å². The van der Waals surface area contributed by atoms with Crippen LogP contribution in [0.15, 0.2) is 18.2 Å². The van der Waals surface area contributed by atoms with Gasteiger partial charge in [-0.1, -0.05) is 12.1 Å². The van der Waals surface area contributed by atoms with Crippen LogP contribution in [0.4, 0.5) is 4.39 Å². The second kappa shape index (κ2) is 6.78. The van der Waals surface area contributed by atoms with Crippen LogP contribution < -0.4 is 5.32 Å². The van der Waals surface area contributed by atoms with E-state index < -0.39 is 5.97 Å². The molecule has 0 saturated heterocycles. The van der Waals surface area contributed by atoms with Crippen molar-refractivity contribution in [2.24, 2.45) is 0 Å². The van der Waals surface area contributed by atoms with Crippen LogP contribution in [0.3, 0.4) is 0 Å². The molecule has 1 aromatic carbocycles. The highest BCUT2D eigenvalue weighted by Gasteiger charge is 2.13. The zero-order valence-corrected chi connectivity index (χ0v) is 12.8. The molecule has 2 aromatic rings. The molecule has 0 radical (unpaired) electrons. The van der Waals surface area contributed by atoms with E-state index in [1.165, 1.54) is 17.4 Å². The first kappa shape index (κ1) is 15.6. The maximum absolute atomic E-state index is 13.4. The van der Waals surface area contributed by atoms with E-state index in [1.807, 2.05) is 6.07 Å². The summed E-state index contributed by atoms with van der Waals surface area (Å²) in [5, 5.41) is 13.0. The third-order valence-electron chi connectivity index (χ3n) is 3.25. The molecule has 0 atom stereocenters. The first-order chi connectivity index (χ1) is 9.99. The first-order valence-corrected chi connectivity index (χ1v) is 7.45. The number of aromatic carboxylic acids is 1. The van der Waals surface area contributed by atoms with Crippen molar-refractivity contribution in [1.82, 2.24) is 10.3 Å². The van der Waals surface area contributed by atoms with Crippen molar-refractivity contribution in [3.8, 4) is 0 Å². The molecule has 112 valence electrons. The lowest BCUT2D eigenvalue weighted by atomic mass is 10.1. The zero-order valence-electron chi connectivity index (χ0n) is 11.9. The fraction of sp³-hybridized carbons (Fsp3) is 0.333. The molecule has 0 unspecified atom stereocenters. The van der Waals surface area contributed by atoms with E-state index in [0.717, 1.165) is 10.6 Å². The molecule has 1 aromatic heterocycles. The molecule has 0 amide bonds. The number of aryl methyl sites for hydroxylation is 1. The quantitative estimate of drug-likeness (QED) is 0.806. The first-order valence-electron chi connectivity index (χ1n) is 6.63. The Hall–Kier alpha value is -1.79. The van der Waals surface area contributed by atoms with Gasteiger partial charge in [-0.15, -0.1) is 11.3 Å². The molecule has 0 fully saturated rings.